The number of nitrogens with zero attached hydrogens (tertiary/aromatic N) is 1. The number of benzene rings is 1. The number of hydrogen-bond donors (Lipinski definition) is 3. The van der Waals surface area contributed by atoms with Crippen LogP contribution in [0.1, 0.15) is 6.42 Å². The third-order valence-electron chi connectivity index (χ3n) is 3.68. The zero-order chi connectivity index (χ0) is 18.4. The molecule has 7 nitrogen and oxygen atoms in total. The van der Waals surface area contributed by atoms with Crippen LogP contribution in [0.15, 0.2) is 30.5 Å². The third-order valence-corrected chi connectivity index (χ3v) is 4.91. The number of fused-ring (bicyclic) bond motifs is 1. The molecule has 1 heterocycles. The van der Waals surface area contributed by atoms with Crippen molar-refractivity contribution < 1.29 is 18.3 Å². The molecule has 0 saturated carbocycles. The van der Waals surface area contributed by atoms with Crippen molar-refractivity contribution in [3.63, 3.8) is 0 Å². The van der Waals surface area contributed by atoms with Crippen molar-refractivity contribution in [1.29, 1.82) is 0 Å². The number of carbonyl (C=O) groups excluding carboxylic acids is 1. The van der Waals surface area contributed by atoms with E-state index in [4.69, 9.17) is 0 Å². The predicted octanol–water partition coefficient (Wildman–Crippen LogP) is 1.24. The van der Waals surface area contributed by atoms with Crippen molar-refractivity contribution >= 4 is 44.3 Å². The first-order valence-electron chi connectivity index (χ1n) is 7.79. The van der Waals surface area contributed by atoms with Crippen LogP contribution in [0.3, 0.4) is 0 Å². The molecule has 9 heteroatoms. The lowest BCUT2D eigenvalue weighted by Gasteiger charge is -2.16. The number of nitrogens with one attached hydrogen (secondary N) is 2. The smallest absolute Gasteiger partial charge is 0.240 e. The minimum absolute atomic E-state index is 0.0961. The summed E-state index contributed by atoms with van der Waals surface area (Å²) in [6.07, 6.45) is 5.52. The van der Waals surface area contributed by atoms with Gasteiger partial charge in [-0.1, -0.05) is 6.07 Å². The van der Waals surface area contributed by atoms with Crippen LogP contribution >= 0.6 is 11.8 Å². The van der Waals surface area contributed by atoms with Gasteiger partial charge in [-0.15, -0.1) is 0 Å². The van der Waals surface area contributed by atoms with Crippen molar-refractivity contribution in [3.05, 3.63) is 30.5 Å². The summed E-state index contributed by atoms with van der Waals surface area (Å²) >= 11 is 1.66. The first-order valence-corrected chi connectivity index (χ1v) is 11.1. The van der Waals surface area contributed by atoms with E-state index in [9.17, 15) is 18.3 Å². The van der Waals surface area contributed by atoms with Gasteiger partial charge in [0.1, 0.15) is 6.54 Å². The Balaban J connectivity index is 2.14. The molecule has 2 aromatic rings. The lowest BCUT2D eigenvalue weighted by molar-refractivity contribution is -0.122. The van der Waals surface area contributed by atoms with Crippen molar-refractivity contribution in [2.75, 3.05) is 29.6 Å². The van der Waals surface area contributed by atoms with E-state index in [1.807, 2.05) is 12.3 Å². The normalized spacial score (nSPS) is 12.9. The predicted molar refractivity (Wildman–Crippen MR) is 102 cm³/mol. The van der Waals surface area contributed by atoms with Crippen LogP contribution in [-0.4, -0.2) is 54.9 Å². The Morgan fingerprint density at radius 1 is 1.36 bits per heavy atom. The topological polar surface area (TPSA) is 100 Å². The van der Waals surface area contributed by atoms with Crippen molar-refractivity contribution in [2.24, 2.45) is 0 Å². The highest BCUT2D eigenvalue weighted by Gasteiger charge is 2.14. The summed E-state index contributed by atoms with van der Waals surface area (Å²) < 4.78 is 27.2. The van der Waals surface area contributed by atoms with Crippen LogP contribution in [0.5, 0.6) is 0 Å². The molecule has 0 aliphatic carbocycles. The quantitative estimate of drug-likeness (QED) is 0.603. The van der Waals surface area contributed by atoms with Crippen molar-refractivity contribution in [3.8, 4) is 0 Å². The van der Waals surface area contributed by atoms with Gasteiger partial charge in [0.15, 0.2) is 0 Å². The summed E-state index contributed by atoms with van der Waals surface area (Å²) in [5, 5.41) is 12.9. The van der Waals surface area contributed by atoms with E-state index in [1.165, 1.54) is 0 Å². The molecule has 0 spiro atoms. The molecule has 0 aliphatic rings. The van der Waals surface area contributed by atoms with E-state index in [0.717, 1.165) is 22.9 Å². The minimum atomic E-state index is -3.38. The molecule has 138 valence electrons. The number of carbonyl (C=O) groups is 1. The van der Waals surface area contributed by atoms with Crippen LogP contribution < -0.4 is 10.0 Å². The van der Waals surface area contributed by atoms with Gasteiger partial charge >= 0.3 is 0 Å². The summed E-state index contributed by atoms with van der Waals surface area (Å²) in [7, 11) is -3.38. The standard InChI is InChI=1S/C16H23N3O4S2/c1-24-9-7-12(11-20)17-16(21)10-19-8-6-13-14(18-25(2,22)23)4-3-5-15(13)19/h3-6,8,12,18,20H,7,9-11H2,1-2H3,(H,17,21). The number of anilines is 1. The third kappa shape index (κ3) is 5.65. The van der Waals surface area contributed by atoms with Gasteiger partial charge in [0.05, 0.1) is 30.1 Å². The fourth-order valence-electron chi connectivity index (χ4n) is 2.55. The van der Waals surface area contributed by atoms with Gasteiger partial charge in [0.2, 0.25) is 15.9 Å². The lowest BCUT2D eigenvalue weighted by Crippen LogP contribution is -2.39. The van der Waals surface area contributed by atoms with E-state index in [0.29, 0.717) is 12.1 Å². The summed E-state index contributed by atoms with van der Waals surface area (Å²) in [5.41, 5.74) is 1.24. The van der Waals surface area contributed by atoms with Crippen LogP contribution in [0.4, 0.5) is 5.69 Å². The maximum absolute atomic E-state index is 12.2. The molecule has 1 aromatic heterocycles. The maximum Gasteiger partial charge on any atom is 0.240 e. The number of aromatic nitrogens is 1. The second-order valence-electron chi connectivity index (χ2n) is 5.78. The highest BCUT2D eigenvalue weighted by molar-refractivity contribution is 7.98. The van der Waals surface area contributed by atoms with Crippen LogP contribution in [0.25, 0.3) is 10.9 Å². The number of aliphatic hydroxyl groups is 1. The number of sulfonamides is 1. The molecule has 25 heavy (non-hydrogen) atoms. The minimum Gasteiger partial charge on any atom is -0.394 e. The molecule has 0 fully saturated rings. The second kappa shape index (κ2) is 8.59. The lowest BCUT2D eigenvalue weighted by atomic mass is 10.2. The molecular weight excluding hydrogens is 362 g/mol. The Morgan fingerprint density at radius 3 is 2.76 bits per heavy atom. The molecule has 1 amide bonds. The highest BCUT2D eigenvalue weighted by atomic mass is 32.2. The number of thioether (sulfide) groups is 1. The highest BCUT2D eigenvalue weighted by Crippen LogP contribution is 2.25. The van der Waals surface area contributed by atoms with Crippen molar-refractivity contribution in [1.82, 2.24) is 9.88 Å². The Hall–Kier alpha value is -1.71. The molecule has 1 unspecified atom stereocenters. The number of amides is 1. The summed E-state index contributed by atoms with van der Waals surface area (Å²) in [5.74, 6) is 0.664. The molecular formula is C16H23N3O4S2. The van der Waals surface area contributed by atoms with Crippen molar-refractivity contribution in [2.45, 2.75) is 19.0 Å². The van der Waals surface area contributed by atoms with E-state index < -0.39 is 10.0 Å². The van der Waals surface area contributed by atoms with Gasteiger partial charge in [0, 0.05) is 11.6 Å². The Kier molecular flexibility index (Phi) is 6.74. The van der Waals surface area contributed by atoms with E-state index >= 15 is 0 Å². The Bertz CT molecular complexity index is 833. The Morgan fingerprint density at radius 2 is 2.12 bits per heavy atom. The molecule has 0 bridgehead atoms. The molecule has 2 rings (SSSR count). The average molecular weight is 386 g/mol. The van der Waals surface area contributed by atoms with Crippen LogP contribution in [0.2, 0.25) is 0 Å². The van der Waals surface area contributed by atoms with Crippen LogP contribution in [0, 0.1) is 0 Å². The van der Waals surface area contributed by atoms with Crippen LogP contribution in [-0.2, 0) is 21.4 Å². The molecule has 1 atom stereocenters. The number of rotatable bonds is 9. The van der Waals surface area contributed by atoms with Gasteiger partial charge in [-0.2, -0.15) is 11.8 Å². The molecule has 3 N–H and O–H groups in total. The van der Waals surface area contributed by atoms with E-state index in [-0.39, 0.29) is 25.1 Å². The number of hydrogen-bond acceptors (Lipinski definition) is 5. The largest absolute Gasteiger partial charge is 0.394 e. The first kappa shape index (κ1) is 19.6. The zero-order valence-electron chi connectivity index (χ0n) is 14.2. The van der Waals surface area contributed by atoms with Gasteiger partial charge in [-0.3, -0.25) is 9.52 Å². The second-order valence-corrected chi connectivity index (χ2v) is 8.52. The monoisotopic (exact) mass is 385 g/mol. The molecule has 0 saturated heterocycles. The molecule has 1 aromatic carbocycles. The number of aliphatic hydroxyl groups excluding tert-OH is 1. The Labute approximate surface area is 151 Å². The fourth-order valence-corrected chi connectivity index (χ4v) is 3.64. The summed E-state index contributed by atoms with van der Waals surface area (Å²) in [6.45, 7) is 0.00273. The average Bonchev–Trinajstić information content (AvgIpc) is 2.94. The molecule has 0 aliphatic heterocycles. The summed E-state index contributed by atoms with van der Waals surface area (Å²) in [4.78, 5) is 12.2. The van der Waals surface area contributed by atoms with E-state index in [1.54, 1.807) is 40.7 Å². The van der Waals surface area contributed by atoms with E-state index in [2.05, 4.69) is 10.0 Å². The first-order chi connectivity index (χ1) is 11.8. The maximum atomic E-state index is 12.2. The van der Waals surface area contributed by atoms with Gasteiger partial charge in [-0.05, 0) is 36.6 Å². The van der Waals surface area contributed by atoms with Gasteiger partial charge < -0.3 is 15.0 Å². The van der Waals surface area contributed by atoms with Gasteiger partial charge in [-0.25, -0.2) is 8.42 Å². The SMILES string of the molecule is CSCCC(CO)NC(=O)Cn1ccc2c(NS(C)(=O)=O)cccc21. The molecule has 0 radical (unpaired) electrons. The zero-order valence-corrected chi connectivity index (χ0v) is 15.9. The van der Waals surface area contributed by atoms with Gasteiger partial charge in [0.25, 0.3) is 0 Å². The fraction of sp³-hybridized carbons (Fsp3) is 0.438. The summed E-state index contributed by atoms with van der Waals surface area (Å²) in [6, 6.07) is 6.75.